The van der Waals surface area contributed by atoms with Crippen LogP contribution in [0.1, 0.15) is 17.8 Å². The third-order valence-electron chi connectivity index (χ3n) is 2.56. The van der Waals surface area contributed by atoms with Crippen LogP contribution < -0.4 is 10.1 Å². The van der Waals surface area contributed by atoms with Crippen molar-refractivity contribution in [3.05, 3.63) is 43.5 Å². The molecular weight excluding hydrogens is 435 g/mol. The van der Waals surface area contributed by atoms with Crippen molar-refractivity contribution in [3.8, 4) is 5.75 Å². The first-order valence-corrected chi connectivity index (χ1v) is 8.27. The lowest BCUT2D eigenvalue weighted by Gasteiger charge is -2.18. The zero-order chi connectivity index (χ0) is 15.6. The molecule has 0 bridgehead atoms. The van der Waals surface area contributed by atoms with E-state index in [9.17, 15) is 13.2 Å². The fourth-order valence-corrected chi connectivity index (χ4v) is 3.48. The van der Waals surface area contributed by atoms with Crippen molar-refractivity contribution in [1.29, 1.82) is 0 Å². The van der Waals surface area contributed by atoms with Crippen LogP contribution in [0.5, 0.6) is 5.75 Å². The van der Waals surface area contributed by atoms with Gasteiger partial charge >= 0.3 is 6.36 Å². The van der Waals surface area contributed by atoms with E-state index >= 15 is 0 Å². The molecule has 0 aliphatic carbocycles. The zero-order valence-corrected chi connectivity index (χ0v) is 14.7. The molecule has 8 heteroatoms. The van der Waals surface area contributed by atoms with Crippen LogP contribution in [0.25, 0.3) is 0 Å². The third kappa shape index (κ3) is 4.89. The second kappa shape index (κ2) is 6.58. The van der Waals surface area contributed by atoms with E-state index in [4.69, 9.17) is 0 Å². The minimum Gasteiger partial charge on any atom is -0.404 e. The van der Waals surface area contributed by atoms with Crippen molar-refractivity contribution in [1.82, 2.24) is 0 Å². The number of hydrogen-bond acceptors (Lipinski definition) is 3. The number of halogens is 5. The van der Waals surface area contributed by atoms with Crippen LogP contribution in [0.2, 0.25) is 0 Å². The van der Waals surface area contributed by atoms with Crippen LogP contribution >= 0.6 is 43.2 Å². The molecule has 21 heavy (non-hydrogen) atoms. The number of anilines is 1. The van der Waals surface area contributed by atoms with E-state index in [1.165, 1.54) is 17.4 Å². The summed E-state index contributed by atoms with van der Waals surface area (Å²) in [6, 6.07) is 6.27. The Morgan fingerprint density at radius 3 is 2.48 bits per heavy atom. The molecule has 1 heterocycles. The van der Waals surface area contributed by atoms with Crippen molar-refractivity contribution < 1.29 is 17.9 Å². The minimum absolute atomic E-state index is 0.141. The van der Waals surface area contributed by atoms with Crippen molar-refractivity contribution in [3.63, 3.8) is 0 Å². The molecule has 0 amide bonds. The summed E-state index contributed by atoms with van der Waals surface area (Å²) in [4.78, 5) is 1.00. The lowest BCUT2D eigenvalue weighted by Crippen LogP contribution is -2.18. The Morgan fingerprint density at radius 2 is 1.90 bits per heavy atom. The van der Waals surface area contributed by atoms with Gasteiger partial charge in [-0.1, -0.05) is 15.9 Å². The minimum atomic E-state index is -4.73. The smallest absolute Gasteiger partial charge is 0.404 e. The lowest BCUT2D eigenvalue weighted by molar-refractivity contribution is -0.274. The van der Waals surface area contributed by atoms with E-state index in [1.54, 1.807) is 12.1 Å². The summed E-state index contributed by atoms with van der Waals surface area (Å²) in [6.45, 7) is 1.87. The molecule has 2 nitrogen and oxygen atoms in total. The van der Waals surface area contributed by atoms with Gasteiger partial charge in [0.1, 0.15) is 0 Å². The summed E-state index contributed by atoms with van der Waals surface area (Å²) < 4.78 is 42.9. The molecule has 0 saturated heterocycles. The molecule has 114 valence electrons. The molecule has 0 aliphatic heterocycles. The molecule has 1 aromatic carbocycles. The highest BCUT2D eigenvalue weighted by molar-refractivity contribution is 9.10. The van der Waals surface area contributed by atoms with Gasteiger partial charge in [0.2, 0.25) is 0 Å². The lowest BCUT2D eigenvalue weighted by atomic mass is 10.2. The number of hydrogen-bond donors (Lipinski definition) is 1. The molecular formula is C13H10Br2F3NOS. The molecule has 0 aliphatic rings. The van der Waals surface area contributed by atoms with Crippen LogP contribution in [0, 0.1) is 0 Å². The average molecular weight is 445 g/mol. The highest BCUT2D eigenvalue weighted by Gasteiger charge is 2.32. The standard InChI is InChI=1S/C13H10Br2F3NOS/c1-7(12-5-9(15)6-21-12)19-10-3-2-8(14)4-11(10)20-13(16,17)18/h2-7,19H,1H3. The van der Waals surface area contributed by atoms with Crippen LogP contribution in [0.4, 0.5) is 18.9 Å². The van der Waals surface area contributed by atoms with E-state index in [1.807, 2.05) is 18.4 Å². The summed E-state index contributed by atoms with van der Waals surface area (Å²) in [5, 5.41) is 4.95. The van der Waals surface area contributed by atoms with Gasteiger partial charge in [0.25, 0.3) is 0 Å². The summed E-state index contributed by atoms with van der Waals surface area (Å²) in [7, 11) is 0. The van der Waals surface area contributed by atoms with Gasteiger partial charge in [-0.3, -0.25) is 0 Å². The molecule has 0 saturated carbocycles. The number of thiophene rings is 1. The molecule has 1 aromatic heterocycles. The first-order valence-electron chi connectivity index (χ1n) is 5.80. The van der Waals surface area contributed by atoms with Gasteiger partial charge in [-0.25, -0.2) is 0 Å². The second-order valence-electron chi connectivity index (χ2n) is 4.22. The van der Waals surface area contributed by atoms with E-state index in [0.717, 1.165) is 9.35 Å². The SMILES string of the molecule is CC(Nc1ccc(Br)cc1OC(F)(F)F)c1cc(Br)cs1. The second-order valence-corrected chi connectivity index (χ2v) is 7.00. The predicted molar refractivity (Wildman–Crippen MR) is 84.9 cm³/mol. The highest BCUT2D eigenvalue weighted by Crippen LogP contribution is 2.36. The largest absolute Gasteiger partial charge is 0.573 e. The molecule has 0 spiro atoms. The molecule has 1 unspecified atom stereocenters. The summed E-state index contributed by atoms with van der Waals surface area (Å²) in [5.74, 6) is -0.264. The molecule has 2 aromatic rings. The van der Waals surface area contributed by atoms with Gasteiger partial charge in [-0.15, -0.1) is 24.5 Å². The van der Waals surface area contributed by atoms with Crippen molar-refractivity contribution in [2.75, 3.05) is 5.32 Å². The first-order chi connectivity index (χ1) is 9.74. The van der Waals surface area contributed by atoms with E-state index in [2.05, 4.69) is 41.9 Å². The third-order valence-corrected chi connectivity index (χ3v) is 4.93. The number of benzene rings is 1. The molecule has 2 rings (SSSR count). The van der Waals surface area contributed by atoms with Crippen molar-refractivity contribution in [2.24, 2.45) is 0 Å². The Bertz CT molecular complexity index is 630. The Kier molecular flexibility index (Phi) is 5.21. The van der Waals surface area contributed by atoms with Gasteiger partial charge in [0.15, 0.2) is 5.75 Å². The normalized spacial score (nSPS) is 13.0. The average Bonchev–Trinajstić information content (AvgIpc) is 2.77. The van der Waals surface area contributed by atoms with E-state index in [-0.39, 0.29) is 17.5 Å². The quantitative estimate of drug-likeness (QED) is 0.593. The summed E-state index contributed by atoms with van der Waals surface area (Å²) in [5.41, 5.74) is 0.285. The summed E-state index contributed by atoms with van der Waals surface area (Å²) >= 11 is 8.01. The predicted octanol–water partition coefficient (Wildman–Crippen LogP) is 6.34. The van der Waals surface area contributed by atoms with Gasteiger partial charge in [0.05, 0.1) is 11.7 Å². The Labute approximate surface area is 140 Å². The zero-order valence-electron chi connectivity index (χ0n) is 10.7. The fraction of sp³-hybridized carbons (Fsp3) is 0.231. The number of rotatable bonds is 4. The fourth-order valence-electron chi connectivity index (χ4n) is 1.68. The number of alkyl halides is 3. The van der Waals surface area contributed by atoms with Gasteiger partial charge < -0.3 is 10.1 Å². The van der Waals surface area contributed by atoms with Gasteiger partial charge in [-0.05, 0) is 47.1 Å². The van der Waals surface area contributed by atoms with Gasteiger partial charge in [-0.2, -0.15) is 0 Å². The maximum Gasteiger partial charge on any atom is 0.573 e. The maximum absolute atomic E-state index is 12.4. The van der Waals surface area contributed by atoms with Crippen LogP contribution in [-0.4, -0.2) is 6.36 Å². The Hall–Kier alpha value is -0.730. The van der Waals surface area contributed by atoms with Crippen LogP contribution in [0.15, 0.2) is 38.6 Å². The van der Waals surface area contributed by atoms with Crippen LogP contribution in [0.3, 0.4) is 0 Å². The van der Waals surface area contributed by atoms with Crippen molar-refractivity contribution in [2.45, 2.75) is 19.3 Å². The highest BCUT2D eigenvalue weighted by atomic mass is 79.9. The van der Waals surface area contributed by atoms with Gasteiger partial charge in [0, 0.05) is 19.2 Å². The summed E-state index contributed by atoms with van der Waals surface area (Å²) in [6.07, 6.45) is -4.73. The van der Waals surface area contributed by atoms with E-state index < -0.39 is 6.36 Å². The number of nitrogens with one attached hydrogen (secondary N) is 1. The maximum atomic E-state index is 12.4. The topological polar surface area (TPSA) is 21.3 Å². The van der Waals surface area contributed by atoms with Crippen LogP contribution in [-0.2, 0) is 0 Å². The van der Waals surface area contributed by atoms with Crippen molar-refractivity contribution >= 4 is 48.9 Å². The van der Waals surface area contributed by atoms with E-state index in [0.29, 0.717) is 4.47 Å². The Balaban J connectivity index is 2.22. The molecule has 1 atom stereocenters. The first kappa shape index (κ1) is 16.6. The molecule has 1 N–H and O–H groups in total. The Morgan fingerprint density at radius 1 is 1.19 bits per heavy atom. The molecule has 0 fully saturated rings. The number of ether oxygens (including phenoxy) is 1. The molecule has 0 radical (unpaired) electrons. The monoisotopic (exact) mass is 443 g/mol.